The second-order valence-electron chi connectivity index (χ2n) is 8.43. The highest BCUT2D eigenvalue weighted by Crippen LogP contribution is 2.53. The van der Waals surface area contributed by atoms with Crippen LogP contribution in [0.1, 0.15) is 38.8 Å². The Kier molecular flexibility index (Phi) is 3.06. The highest BCUT2D eigenvalue weighted by atomic mass is 16.2. The molecule has 3 amide bonds. The largest absolute Gasteiger partial charge is 0.324 e. The number of nitrogens with one attached hydrogen (secondary N) is 2. The van der Waals surface area contributed by atoms with Crippen molar-refractivity contribution in [2.75, 3.05) is 5.32 Å². The molecule has 1 aromatic rings. The number of amides is 3. The minimum atomic E-state index is -1.17. The third-order valence-electron chi connectivity index (χ3n) is 5.69. The van der Waals surface area contributed by atoms with Crippen molar-refractivity contribution in [1.82, 2.24) is 10.2 Å². The van der Waals surface area contributed by atoms with E-state index in [1.54, 1.807) is 0 Å². The molecule has 2 N–H and O–H groups in total. The fourth-order valence-corrected chi connectivity index (χ4v) is 4.74. The topological polar surface area (TPSA) is 78.5 Å². The number of carbonyl (C=O) groups excluding carboxylic acids is 3. The summed E-state index contributed by atoms with van der Waals surface area (Å²) in [5, 5.41) is 6.21. The van der Waals surface area contributed by atoms with Crippen LogP contribution >= 0.6 is 0 Å². The standard InChI is InChI=1S/C19H23N3O3/c1-9-6-7-12-11(8-9)19(17(25)20-12)14-13(10(2)21-19)15(23)22(16(14)24)18(3,4)5/h6-8,10,13-14,21H,1-5H3,(H,20,25)/t10-,13+,14-,19+/m0/s1. The van der Waals surface area contributed by atoms with E-state index in [1.807, 2.05) is 52.8 Å². The highest BCUT2D eigenvalue weighted by Gasteiger charge is 2.70. The van der Waals surface area contributed by atoms with E-state index in [1.165, 1.54) is 4.90 Å². The van der Waals surface area contributed by atoms with E-state index >= 15 is 0 Å². The molecule has 3 heterocycles. The predicted octanol–water partition coefficient (Wildman–Crippen LogP) is 1.53. The Balaban J connectivity index is 1.92. The minimum Gasteiger partial charge on any atom is -0.324 e. The van der Waals surface area contributed by atoms with E-state index in [-0.39, 0.29) is 23.8 Å². The van der Waals surface area contributed by atoms with Gasteiger partial charge < -0.3 is 5.32 Å². The summed E-state index contributed by atoms with van der Waals surface area (Å²) < 4.78 is 0. The van der Waals surface area contributed by atoms with Crippen molar-refractivity contribution < 1.29 is 14.4 Å². The van der Waals surface area contributed by atoms with E-state index in [4.69, 9.17) is 0 Å². The summed E-state index contributed by atoms with van der Waals surface area (Å²) in [5.74, 6) is -1.93. The first-order valence-corrected chi connectivity index (χ1v) is 8.67. The van der Waals surface area contributed by atoms with Gasteiger partial charge in [-0.1, -0.05) is 17.7 Å². The molecule has 0 radical (unpaired) electrons. The molecule has 6 nitrogen and oxygen atoms in total. The lowest BCUT2D eigenvalue weighted by Crippen LogP contribution is -2.55. The van der Waals surface area contributed by atoms with Crippen molar-refractivity contribution in [3.05, 3.63) is 29.3 Å². The van der Waals surface area contributed by atoms with Crippen molar-refractivity contribution >= 4 is 23.4 Å². The number of aryl methyl sites for hydroxylation is 1. The number of imide groups is 1. The van der Waals surface area contributed by atoms with Crippen molar-refractivity contribution in [3.63, 3.8) is 0 Å². The van der Waals surface area contributed by atoms with Gasteiger partial charge in [0.15, 0.2) is 0 Å². The SMILES string of the molecule is Cc1ccc2c(c1)[C@]1(N[C@@H](C)[C@H]3C(=O)N(C(C)(C)C)C(=O)[C@H]31)C(=O)N2. The lowest BCUT2D eigenvalue weighted by molar-refractivity contribution is -0.147. The number of hydrogen-bond donors (Lipinski definition) is 2. The van der Waals surface area contributed by atoms with Gasteiger partial charge in [0.05, 0.1) is 11.8 Å². The average molecular weight is 341 g/mol. The number of likely N-dealkylation sites (tertiary alicyclic amines) is 1. The lowest BCUT2D eigenvalue weighted by atomic mass is 9.76. The zero-order valence-corrected chi connectivity index (χ0v) is 15.1. The molecule has 1 spiro atoms. The average Bonchev–Trinajstić information content (AvgIpc) is 3.04. The Morgan fingerprint density at radius 1 is 1.12 bits per heavy atom. The number of rotatable bonds is 0. The van der Waals surface area contributed by atoms with Gasteiger partial charge in [-0.15, -0.1) is 0 Å². The Labute approximate surface area is 147 Å². The van der Waals surface area contributed by atoms with Crippen LogP contribution in [0.3, 0.4) is 0 Å². The summed E-state index contributed by atoms with van der Waals surface area (Å²) >= 11 is 0. The Bertz CT molecular complexity index is 826. The zero-order valence-electron chi connectivity index (χ0n) is 15.1. The molecule has 25 heavy (non-hydrogen) atoms. The fourth-order valence-electron chi connectivity index (χ4n) is 4.74. The Morgan fingerprint density at radius 3 is 2.44 bits per heavy atom. The van der Waals surface area contributed by atoms with Crippen LogP contribution in [-0.4, -0.2) is 34.2 Å². The Hall–Kier alpha value is -2.21. The molecule has 2 fully saturated rings. The Morgan fingerprint density at radius 2 is 1.80 bits per heavy atom. The smallest absolute Gasteiger partial charge is 0.250 e. The zero-order chi connectivity index (χ0) is 18.3. The summed E-state index contributed by atoms with van der Waals surface area (Å²) in [7, 11) is 0. The predicted molar refractivity (Wildman–Crippen MR) is 92.7 cm³/mol. The molecular weight excluding hydrogens is 318 g/mol. The van der Waals surface area contributed by atoms with E-state index < -0.39 is 22.9 Å². The molecule has 2 saturated heterocycles. The third-order valence-corrected chi connectivity index (χ3v) is 5.69. The molecule has 3 aliphatic heterocycles. The normalized spacial score (nSPS) is 33.9. The molecule has 0 aliphatic carbocycles. The molecule has 0 saturated carbocycles. The summed E-state index contributed by atoms with van der Waals surface area (Å²) in [6.45, 7) is 9.38. The van der Waals surface area contributed by atoms with Gasteiger partial charge in [-0.25, -0.2) is 0 Å². The van der Waals surface area contributed by atoms with Gasteiger partial charge in [-0.2, -0.15) is 0 Å². The first-order chi connectivity index (χ1) is 11.6. The number of fused-ring (bicyclic) bond motifs is 4. The van der Waals surface area contributed by atoms with Crippen molar-refractivity contribution in [1.29, 1.82) is 0 Å². The van der Waals surface area contributed by atoms with Crippen LogP contribution < -0.4 is 10.6 Å². The molecular formula is C19H23N3O3. The van der Waals surface area contributed by atoms with Gasteiger partial charge in [-0.05, 0) is 40.7 Å². The summed E-state index contributed by atoms with van der Waals surface area (Å²) in [6, 6.07) is 5.47. The van der Waals surface area contributed by atoms with Crippen LogP contribution in [0.15, 0.2) is 18.2 Å². The minimum absolute atomic E-state index is 0.187. The van der Waals surface area contributed by atoms with Crippen LogP contribution in [0.4, 0.5) is 5.69 Å². The van der Waals surface area contributed by atoms with Gasteiger partial charge in [0.2, 0.25) is 17.7 Å². The molecule has 4 atom stereocenters. The summed E-state index contributed by atoms with van der Waals surface area (Å²) in [6.07, 6.45) is 0. The molecule has 132 valence electrons. The van der Waals surface area contributed by atoms with Gasteiger partial charge >= 0.3 is 0 Å². The molecule has 0 bridgehead atoms. The van der Waals surface area contributed by atoms with Crippen LogP contribution in [0, 0.1) is 18.8 Å². The molecule has 6 heteroatoms. The number of anilines is 1. The maximum absolute atomic E-state index is 13.3. The van der Waals surface area contributed by atoms with Crippen LogP contribution in [0.25, 0.3) is 0 Å². The summed E-state index contributed by atoms with van der Waals surface area (Å²) in [5.41, 5.74) is 0.721. The maximum atomic E-state index is 13.3. The van der Waals surface area contributed by atoms with E-state index in [2.05, 4.69) is 10.6 Å². The van der Waals surface area contributed by atoms with E-state index in [0.717, 1.165) is 11.1 Å². The second kappa shape index (κ2) is 4.69. The second-order valence-corrected chi connectivity index (χ2v) is 8.43. The summed E-state index contributed by atoms with van der Waals surface area (Å²) in [4.78, 5) is 40.6. The van der Waals surface area contributed by atoms with Gasteiger partial charge in [-0.3, -0.25) is 24.6 Å². The fraction of sp³-hybridized carbons (Fsp3) is 0.526. The van der Waals surface area contributed by atoms with Crippen LogP contribution in [-0.2, 0) is 19.9 Å². The van der Waals surface area contributed by atoms with Gasteiger partial charge in [0, 0.05) is 22.8 Å². The monoisotopic (exact) mass is 341 g/mol. The van der Waals surface area contributed by atoms with Crippen LogP contribution in [0.2, 0.25) is 0 Å². The number of hydrogen-bond acceptors (Lipinski definition) is 4. The van der Waals surface area contributed by atoms with E-state index in [0.29, 0.717) is 5.69 Å². The molecule has 0 aromatic heterocycles. The number of carbonyl (C=O) groups is 3. The van der Waals surface area contributed by atoms with Crippen molar-refractivity contribution in [3.8, 4) is 0 Å². The van der Waals surface area contributed by atoms with Crippen molar-refractivity contribution in [2.24, 2.45) is 11.8 Å². The van der Waals surface area contributed by atoms with Gasteiger partial charge in [0.1, 0.15) is 5.54 Å². The first kappa shape index (κ1) is 16.3. The first-order valence-electron chi connectivity index (χ1n) is 8.67. The van der Waals surface area contributed by atoms with Gasteiger partial charge in [0.25, 0.3) is 0 Å². The highest BCUT2D eigenvalue weighted by molar-refractivity contribution is 6.15. The quantitative estimate of drug-likeness (QED) is 0.702. The molecule has 4 rings (SSSR count). The number of benzene rings is 1. The van der Waals surface area contributed by atoms with E-state index in [9.17, 15) is 14.4 Å². The van der Waals surface area contributed by atoms with Crippen molar-refractivity contribution in [2.45, 2.75) is 51.7 Å². The maximum Gasteiger partial charge on any atom is 0.250 e. The molecule has 3 aliphatic rings. The number of nitrogens with zero attached hydrogens (tertiary/aromatic N) is 1. The molecule has 0 unspecified atom stereocenters. The lowest BCUT2D eigenvalue weighted by Gasteiger charge is -2.34. The third kappa shape index (κ3) is 1.86. The van der Waals surface area contributed by atoms with Crippen LogP contribution in [0.5, 0.6) is 0 Å². The molecule has 1 aromatic carbocycles.